The molecule has 1 aromatic carbocycles. The quantitative estimate of drug-likeness (QED) is 0.816. The fourth-order valence-corrected chi connectivity index (χ4v) is 3.53. The van der Waals surface area contributed by atoms with Crippen molar-refractivity contribution in [2.24, 2.45) is 5.73 Å². The first-order chi connectivity index (χ1) is 11.0. The molecule has 3 N–H and O–H groups in total. The van der Waals surface area contributed by atoms with Crippen LogP contribution in [0.5, 0.6) is 5.75 Å². The zero-order valence-corrected chi connectivity index (χ0v) is 14.7. The Hall–Kier alpha value is -1.92. The van der Waals surface area contributed by atoms with Gasteiger partial charge in [-0.05, 0) is 44.5 Å². The lowest BCUT2D eigenvalue weighted by atomic mass is 10.1. The minimum absolute atomic E-state index is 0.0250. The van der Waals surface area contributed by atoms with Crippen molar-refractivity contribution < 1.29 is 9.53 Å². The maximum atomic E-state index is 11.4. The van der Waals surface area contributed by atoms with E-state index in [9.17, 15) is 4.79 Å². The highest BCUT2D eigenvalue weighted by atomic mass is 32.1. The largest absolute Gasteiger partial charge is 0.497 e. The van der Waals surface area contributed by atoms with E-state index in [0.29, 0.717) is 6.42 Å². The third kappa shape index (κ3) is 4.09. The molecule has 1 heterocycles. The van der Waals surface area contributed by atoms with Crippen LogP contribution in [0.2, 0.25) is 0 Å². The molecule has 6 heteroatoms. The monoisotopic (exact) mass is 333 g/mol. The lowest BCUT2D eigenvalue weighted by molar-refractivity contribution is -0.120. The highest BCUT2D eigenvalue weighted by molar-refractivity contribution is 7.15. The van der Waals surface area contributed by atoms with E-state index in [0.717, 1.165) is 26.9 Å². The number of primary amides is 1. The third-order valence-electron chi connectivity index (χ3n) is 3.77. The Balaban J connectivity index is 2.21. The zero-order valence-electron chi connectivity index (χ0n) is 13.9. The molecule has 0 radical (unpaired) electrons. The van der Waals surface area contributed by atoms with Crippen LogP contribution < -0.4 is 15.8 Å². The first-order valence-corrected chi connectivity index (χ1v) is 8.45. The minimum Gasteiger partial charge on any atom is -0.497 e. The van der Waals surface area contributed by atoms with Gasteiger partial charge in [0.1, 0.15) is 10.8 Å². The van der Waals surface area contributed by atoms with Crippen molar-refractivity contribution in [3.05, 3.63) is 34.8 Å². The first-order valence-electron chi connectivity index (χ1n) is 7.63. The maximum absolute atomic E-state index is 11.4. The van der Waals surface area contributed by atoms with E-state index in [1.54, 1.807) is 18.4 Å². The first kappa shape index (κ1) is 17.4. The molecule has 0 fully saturated rings. The molecular weight excluding hydrogens is 310 g/mol. The number of hydrogen-bond acceptors (Lipinski definition) is 5. The summed E-state index contributed by atoms with van der Waals surface area (Å²) in [7, 11) is 1.65. The van der Waals surface area contributed by atoms with Crippen LogP contribution in [-0.2, 0) is 4.79 Å². The average molecular weight is 333 g/mol. The number of amides is 1. The van der Waals surface area contributed by atoms with Gasteiger partial charge in [0.2, 0.25) is 5.91 Å². The van der Waals surface area contributed by atoms with Crippen LogP contribution in [-0.4, -0.2) is 24.0 Å². The van der Waals surface area contributed by atoms with E-state index < -0.39 is 0 Å². The van der Waals surface area contributed by atoms with E-state index in [2.05, 4.69) is 10.3 Å². The molecule has 2 rings (SSSR count). The lowest BCUT2D eigenvalue weighted by Gasteiger charge is -2.19. The van der Waals surface area contributed by atoms with Crippen molar-refractivity contribution in [2.75, 3.05) is 7.11 Å². The van der Waals surface area contributed by atoms with Gasteiger partial charge in [-0.2, -0.15) is 0 Å². The van der Waals surface area contributed by atoms with E-state index in [-0.39, 0.29) is 18.0 Å². The topological polar surface area (TPSA) is 77.2 Å². The molecule has 0 saturated carbocycles. The Labute approximate surface area is 140 Å². The standard InChI is InChI=1S/C17H23N3O2S/c1-5-14(16(18)21)19-10(2)15-11(3)20-17(23-15)12-6-8-13(22-4)9-7-12/h6-10,14,19H,5H2,1-4H3,(H2,18,21)/t10-,14-/m1/s1. The second kappa shape index (κ2) is 7.57. The summed E-state index contributed by atoms with van der Waals surface area (Å²) in [5, 5.41) is 4.24. The summed E-state index contributed by atoms with van der Waals surface area (Å²) < 4.78 is 5.18. The zero-order chi connectivity index (χ0) is 17.0. The third-order valence-corrected chi connectivity index (χ3v) is 5.15. The Morgan fingerprint density at radius 2 is 2.04 bits per heavy atom. The van der Waals surface area contributed by atoms with E-state index >= 15 is 0 Å². The second-order valence-electron chi connectivity index (χ2n) is 5.45. The number of aromatic nitrogens is 1. The lowest BCUT2D eigenvalue weighted by Crippen LogP contribution is -2.41. The van der Waals surface area contributed by atoms with Crippen molar-refractivity contribution >= 4 is 17.2 Å². The molecule has 0 aliphatic rings. The number of thiazole rings is 1. The predicted molar refractivity (Wildman–Crippen MR) is 93.7 cm³/mol. The molecule has 2 aromatic rings. The fraction of sp³-hybridized carbons (Fsp3) is 0.412. The van der Waals surface area contributed by atoms with Crippen LogP contribution in [0.25, 0.3) is 10.6 Å². The molecule has 0 saturated heterocycles. The van der Waals surface area contributed by atoms with Crippen molar-refractivity contribution in [2.45, 2.75) is 39.3 Å². The van der Waals surface area contributed by atoms with Crippen molar-refractivity contribution in [1.29, 1.82) is 0 Å². The number of nitrogens with zero attached hydrogens (tertiary/aromatic N) is 1. The molecule has 1 amide bonds. The SMILES string of the molecule is CC[C@@H](N[C@H](C)c1sc(-c2ccc(OC)cc2)nc1C)C(N)=O. The molecule has 0 bridgehead atoms. The Bertz CT molecular complexity index is 667. The second-order valence-corrected chi connectivity index (χ2v) is 6.48. The van der Waals surface area contributed by atoms with Gasteiger partial charge in [-0.25, -0.2) is 4.98 Å². The Morgan fingerprint density at radius 1 is 1.39 bits per heavy atom. The summed E-state index contributed by atoms with van der Waals surface area (Å²) in [6.45, 7) is 5.96. The summed E-state index contributed by atoms with van der Waals surface area (Å²) in [5.74, 6) is 0.501. The van der Waals surface area contributed by atoms with Gasteiger partial charge in [-0.15, -0.1) is 11.3 Å². The summed E-state index contributed by atoms with van der Waals surface area (Å²) in [6, 6.07) is 7.54. The molecule has 0 spiro atoms. The van der Waals surface area contributed by atoms with E-state index in [4.69, 9.17) is 10.5 Å². The van der Waals surface area contributed by atoms with Crippen LogP contribution in [0.1, 0.15) is 36.9 Å². The average Bonchev–Trinajstić information content (AvgIpc) is 2.94. The highest BCUT2D eigenvalue weighted by Gasteiger charge is 2.20. The number of ether oxygens (including phenoxy) is 1. The van der Waals surface area contributed by atoms with Crippen LogP contribution in [0.15, 0.2) is 24.3 Å². The van der Waals surface area contributed by atoms with Crippen molar-refractivity contribution in [3.63, 3.8) is 0 Å². The molecule has 0 aliphatic carbocycles. The molecule has 1 aromatic heterocycles. The van der Waals surface area contributed by atoms with Gasteiger partial charge >= 0.3 is 0 Å². The summed E-state index contributed by atoms with van der Waals surface area (Å²) in [6.07, 6.45) is 0.670. The van der Waals surface area contributed by atoms with Crippen molar-refractivity contribution in [3.8, 4) is 16.3 Å². The molecule has 2 atom stereocenters. The predicted octanol–water partition coefficient (Wildman–Crippen LogP) is 3.04. The van der Waals surface area contributed by atoms with Gasteiger partial charge in [0.15, 0.2) is 0 Å². The number of nitrogens with two attached hydrogens (primary N) is 1. The molecule has 23 heavy (non-hydrogen) atoms. The van der Waals surface area contributed by atoms with Gasteiger partial charge in [0.25, 0.3) is 0 Å². The van der Waals surface area contributed by atoms with E-state index in [1.165, 1.54) is 0 Å². The molecule has 124 valence electrons. The van der Waals surface area contributed by atoms with Gasteiger partial charge in [-0.3, -0.25) is 10.1 Å². The van der Waals surface area contributed by atoms with Crippen LogP contribution in [0.3, 0.4) is 0 Å². The van der Waals surface area contributed by atoms with Crippen molar-refractivity contribution in [1.82, 2.24) is 10.3 Å². The normalized spacial score (nSPS) is 13.6. The van der Waals surface area contributed by atoms with Gasteiger partial charge in [0.05, 0.1) is 18.8 Å². The number of nitrogens with one attached hydrogen (secondary N) is 1. The van der Waals surface area contributed by atoms with Crippen LogP contribution in [0, 0.1) is 6.92 Å². The minimum atomic E-state index is -0.323. The summed E-state index contributed by atoms with van der Waals surface area (Å²) in [5.41, 5.74) is 7.44. The number of carbonyl (C=O) groups is 1. The summed E-state index contributed by atoms with van der Waals surface area (Å²) in [4.78, 5) is 17.2. The fourth-order valence-electron chi connectivity index (χ4n) is 2.45. The number of methoxy groups -OCH3 is 1. The Kier molecular flexibility index (Phi) is 5.74. The van der Waals surface area contributed by atoms with Crippen LogP contribution in [0.4, 0.5) is 0 Å². The van der Waals surface area contributed by atoms with Gasteiger partial charge in [-0.1, -0.05) is 6.92 Å². The van der Waals surface area contributed by atoms with Gasteiger partial charge in [0, 0.05) is 16.5 Å². The van der Waals surface area contributed by atoms with E-state index in [1.807, 2.05) is 45.0 Å². The number of benzene rings is 1. The van der Waals surface area contributed by atoms with Gasteiger partial charge < -0.3 is 10.5 Å². The number of carbonyl (C=O) groups excluding carboxylic acids is 1. The molecule has 0 unspecified atom stereocenters. The number of rotatable bonds is 7. The highest BCUT2D eigenvalue weighted by Crippen LogP contribution is 2.32. The Morgan fingerprint density at radius 3 is 2.57 bits per heavy atom. The summed E-state index contributed by atoms with van der Waals surface area (Å²) >= 11 is 1.63. The molecule has 0 aliphatic heterocycles. The number of hydrogen-bond donors (Lipinski definition) is 2. The molecular formula is C17H23N3O2S. The molecule has 5 nitrogen and oxygen atoms in total. The smallest absolute Gasteiger partial charge is 0.234 e. The van der Waals surface area contributed by atoms with Crippen LogP contribution >= 0.6 is 11.3 Å². The number of aryl methyl sites for hydroxylation is 1. The maximum Gasteiger partial charge on any atom is 0.234 e.